The van der Waals surface area contributed by atoms with E-state index in [-0.39, 0.29) is 5.75 Å². The van der Waals surface area contributed by atoms with Crippen LogP contribution in [0.2, 0.25) is 0 Å². The summed E-state index contributed by atoms with van der Waals surface area (Å²) in [4.78, 5) is 8.78. The predicted molar refractivity (Wildman–Crippen MR) is 98.5 cm³/mol. The van der Waals surface area contributed by atoms with Crippen molar-refractivity contribution in [2.45, 2.75) is 0 Å². The van der Waals surface area contributed by atoms with Gasteiger partial charge in [-0.05, 0) is 23.8 Å². The van der Waals surface area contributed by atoms with Gasteiger partial charge in [0.2, 0.25) is 5.95 Å². The number of aromatic hydroxyl groups is 1. The van der Waals surface area contributed by atoms with Crippen molar-refractivity contribution in [3.05, 3.63) is 55.0 Å². The van der Waals surface area contributed by atoms with E-state index in [0.29, 0.717) is 17.1 Å². The lowest BCUT2D eigenvalue weighted by Crippen LogP contribution is -2.02. The van der Waals surface area contributed by atoms with Gasteiger partial charge in [0.15, 0.2) is 0 Å². The van der Waals surface area contributed by atoms with Crippen LogP contribution in [0.3, 0.4) is 0 Å². The molecule has 0 aliphatic carbocycles. The van der Waals surface area contributed by atoms with E-state index in [4.69, 9.17) is 7.85 Å². The number of benzene rings is 2. The molecule has 2 heterocycles. The average molecular weight is 327 g/mol. The lowest BCUT2D eigenvalue weighted by molar-refractivity contribution is 0.476. The van der Waals surface area contributed by atoms with Crippen molar-refractivity contribution in [1.29, 1.82) is 0 Å². The molecular weight excluding hydrogens is 313 g/mol. The summed E-state index contributed by atoms with van der Waals surface area (Å²) in [6, 6.07) is 10.7. The number of fused-ring (bicyclic) bond motifs is 1. The van der Waals surface area contributed by atoms with Gasteiger partial charge in [-0.1, -0.05) is 17.6 Å². The van der Waals surface area contributed by atoms with Crippen LogP contribution in [0.4, 0.5) is 11.6 Å². The van der Waals surface area contributed by atoms with E-state index in [1.807, 2.05) is 31.4 Å². The third-order valence-corrected chi connectivity index (χ3v) is 3.82. The Hall–Kier alpha value is -3.35. The highest BCUT2D eigenvalue weighted by Gasteiger charge is 2.07. The molecule has 0 aliphatic rings. The molecule has 2 aromatic heterocycles. The van der Waals surface area contributed by atoms with Crippen molar-refractivity contribution < 1.29 is 5.11 Å². The smallest absolute Gasteiger partial charge is 0.227 e. The number of aromatic nitrogens is 4. The standard InChI is InChI=1S/C18H14BN5O/c1-24-10-13(9-21-24)11-5-15(7-16(25)6-11)22-18-20-8-12-4-14(19)2-3-17(12)23-18/h2-10,25H,1H3,(H,20,22,23). The highest BCUT2D eigenvalue weighted by molar-refractivity contribution is 6.33. The molecule has 2 radical (unpaired) electrons. The number of hydrogen-bond acceptors (Lipinski definition) is 5. The summed E-state index contributed by atoms with van der Waals surface area (Å²) in [6.45, 7) is 0. The van der Waals surface area contributed by atoms with Gasteiger partial charge in [0.25, 0.3) is 0 Å². The SMILES string of the molecule is [B]c1ccc2nc(Nc3cc(O)cc(-c4cnn(C)c4)c3)ncc2c1. The maximum absolute atomic E-state index is 10.0. The molecule has 4 aromatic rings. The number of phenolic OH excluding ortho intramolecular Hbond substituents is 1. The second-order valence-electron chi connectivity index (χ2n) is 5.81. The molecule has 2 N–H and O–H groups in total. The Morgan fingerprint density at radius 3 is 2.76 bits per heavy atom. The zero-order valence-electron chi connectivity index (χ0n) is 13.5. The molecule has 0 saturated heterocycles. The summed E-state index contributed by atoms with van der Waals surface area (Å²) >= 11 is 0. The molecule has 0 saturated carbocycles. The number of nitrogens with zero attached hydrogens (tertiary/aromatic N) is 4. The summed E-state index contributed by atoms with van der Waals surface area (Å²) in [5, 5.41) is 18.2. The van der Waals surface area contributed by atoms with Gasteiger partial charge in [0.05, 0.1) is 11.7 Å². The van der Waals surface area contributed by atoms with Crippen LogP contribution >= 0.6 is 0 Å². The van der Waals surface area contributed by atoms with Gasteiger partial charge in [-0.3, -0.25) is 4.68 Å². The van der Waals surface area contributed by atoms with Gasteiger partial charge in [-0.2, -0.15) is 5.10 Å². The molecule has 0 amide bonds. The Bertz CT molecular complexity index is 1080. The first-order chi connectivity index (χ1) is 12.1. The largest absolute Gasteiger partial charge is 0.508 e. The molecule has 0 atom stereocenters. The maximum Gasteiger partial charge on any atom is 0.227 e. The molecule has 7 heteroatoms. The van der Waals surface area contributed by atoms with E-state index < -0.39 is 0 Å². The molecule has 0 fully saturated rings. The first-order valence-corrected chi connectivity index (χ1v) is 7.69. The fourth-order valence-corrected chi connectivity index (χ4v) is 2.66. The van der Waals surface area contributed by atoms with Crippen molar-refractivity contribution in [2.24, 2.45) is 7.05 Å². The van der Waals surface area contributed by atoms with Crippen LogP contribution in [-0.2, 0) is 7.05 Å². The number of anilines is 2. The van der Waals surface area contributed by atoms with Crippen molar-refractivity contribution in [3.8, 4) is 16.9 Å². The molecule has 4 rings (SSSR count). The van der Waals surface area contributed by atoms with E-state index in [2.05, 4.69) is 20.4 Å². The Labute approximate surface area is 145 Å². The molecule has 0 bridgehead atoms. The molecule has 0 unspecified atom stereocenters. The van der Waals surface area contributed by atoms with E-state index in [9.17, 15) is 5.11 Å². The van der Waals surface area contributed by atoms with E-state index >= 15 is 0 Å². The minimum Gasteiger partial charge on any atom is -0.508 e. The van der Waals surface area contributed by atoms with E-state index in [1.54, 1.807) is 35.3 Å². The third-order valence-electron chi connectivity index (χ3n) is 3.82. The summed E-state index contributed by atoms with van der Waals surface area (Å²) in [7, 11) is 7.62. The van der Waals surface area contributed by atoms with Gasteiger partial charge in [0.1, 0.15) is 13.6 Å². The van der Waals surface area contributed by atoms with Crippen LogP contribution in [0.15, 0.2) is 55.0 Å². The van der Waals surface area contributed by atoms with Crippen molar-refractivity contribution >= 4 is 35.8 Å². The summed E-state index contributed by atoms with van der Waals surface area (Å²) in [5.41, 5.74) is 3.92. The fraction of sp³-hybridized carbons (Fsp3) is 0.0556. The first kappa shape index (κ1) is 15.2. The first-order valence-electron chi connectivity index (χ1n) is 7.69. The number of nitrogens with one attached hydrogen (secondary N) is 1. The van der Waals surface area contributed by atoms with Crippen molar-refractivity contribution in [3.63, 3.8) is 0 Å². The van der Waals surface area contributed by atoms with Gasteiger partial charge in [0, 0.05) is 42.1 Å². The third kappa shape index (κ3) is 3.17. The summed E-state index contributed by atoms with van der Waals surface area (Å²) in [5.74, 6) is 0.595. The monoisotopic (exact) mass is 327 g/mol. The Morgan fingerprint density at radius 2 is 1.96 bits per heavy atom. The van der Waals surface area contributed by atoms with Crippen molar-refractivity contribution in [2.75, 3.05) is 5.32 Å². The minimum absolute atomic E-state index is 0.150. The quantitative estimate of drug-likeness (QED) is 0.565. The summed E-state index contributed by atoms with van der Waals surface area (Å²) < 4.78 is 1.71. The molecule has 25 heavy (non-hydrogen) atoms. The summed E-state index contributed by atoms with van der Waals surface area (Å²) in [6.07, 6.45) is 5.34. The van der Waals surface area contributed by atoms with Gasteiger partial charge in [-0.15, -0.1) is 0 Å². The number of phenols is 1. The van der Waals surface area contributed by atoms with Crippen LogP contribution in [-0.4, -0.2) is 32.7 Å². The predicted octanol–water partition coefficient (Wildman–Crippen LogP) is 2.27. The molecule has 0 spiro atoms. The van der Waals surface area contributed by atoms with Crippen LogP contribution in [0, 0.1) is 0 Å². The van der Waals surface area contributed by atoms with E-state index in [0.717, 1.165) is 22.0 Å². The Kier molecular flexibility index (Phi) is 3.61. The molecule has 6 nitrogen and oxygen atoms in total. The van der Waals surface area contributed by atoms with Crippen LogP contribution < -0.4 is 10.8 Å². The average Bonchev–Trinajstić information content (AvgIpc) is 3.01. The second-order valence-corrected chi connectivity index (χ2v) is 5.81. The fourth-order valence-electron chi connectivity index (χ4n) is 2.66. The highest BCUT2D eigenvalue weighted by Crippen LogP contribution is 2.29. The van der Waals surface area contributed by atoms with Gasteiger partial charge >= 0.3 is 0 Å². The number of hydrogen-bond donors (Lipinski definition) is 2. The van der Waals surface area contributed by atoms with Crippen LogP contribution in [0.25, 0.3) is 22.0 Å². The number of rotatable bonds is 3. The molecule has 2 aromatic carbocycles. The zero-order chi connectivity index (χ0) is 17.4. The zero-order valence-corrected chi connectivity index (χ0v) is 13.5. The lowest BCUT2D eigenvalue weighted by Gasteiger charge is -2.08. The number of aryl methyl sites for hydroxylation is 1. The topological polar surface area (TPSA) is 75.9 Å². The molecule has 0 aliphatic heterocycles. The minimum atomic E-state index is 0.150. The Morgan fingerprint density at radius 1 is 1.08 bits per heavy atom. The van der Waals surface area contributed by atoms with Crippen LogP contribution in [0.5, 0.6) is 5.75 Å². The normalized spacial score (nSPS) is 10.9. The van der Waals surface area contributed by atoms with E-state index in [1.165, 1.54) is 0 Å². The maximum atomic E-state index is 10.0. The molecular formula is C18H14BN5O. The van der Waals surface area contributed by atoms with Gasteiger partial charge < -0.3 is 10.4 Å². The van der Waals surface area contributed by atoms with Crippen LogP contribution in [0.1, 0.15) is 0 Å². The van der Waals surface area contributed by atoms with Gasteiger partial charge in [-0.25, -0.2) is 9.97 Å². The van der Waals surface area contributed by atoms with Crippen molar-refractivity contribution in [1.82, 2.24) is 19.7 Å². The Balaban J connectivity index is 1.68. The lowest BCUT2D eigenvalue weighted by atomic mass is 9.95. The second kappa shape index (κ2) is 5.94. The molecule has 120 valence electrons. The highest BCUT2D eigenvalue weighted by atomic mass is 16.3.